The lowest BCUT2D eigenvalue weighted by Crippen LogP contribution is -1.96. The fraction of sp³-hybridized carbons (Fsp3) is 0.385. The fourth-order valence-corrected chi connectivity index (χ4v) is 1.75. The molecule has 5 nitrogen and oxygen atoms in total. The molecule has 1 N–H and O–H groups in total. The van der Waals surface area contributed by atoms with Crippen LogP contribution in [0.15, 0.2) is 18.3 Å². The maximum absolute atomic E-state index is 9.53. The largest absolute Gasteiger partial charge is 0.435 e. The molecule has 0 saturated heterocycles. The van der Waals surface area contributed by atoms with E-state index in [1.54, 1.807) is 29.9 Å². The zero-order valence-corrected chi connectivity index (χ0v) is 11.0. The Balaban J connectivity index is 2.31. The van der Waals surface area contributed by atoms with E-state index in [0.29, 0.717) is 11.6 Å². The van der Waals surface area contributed by atoms with Crippen LogP contribution in [-0.2, 0) is 7.05 Å². The fourth-order valence-electron chi connectivity index (χ4n) is 1.75. The van der Waals surface area contributed by atoms with Crippen molar-refractivity contribution in [3.8, 4) is 11.6 Å². The Kier molecular flexibility index (Phi) is 3.34. The quantitative estimate of drug-likeness (QED) is 0.904. The van der Waals surface area contributed by atoms with Crippen LogP contribution in [0.4, 0.5) is 0 Å². The van der Waals surface area contributed by atoms with Crippen molar-refractivity contribution in [2.45, 2.75) is 26.9 Å². The first-order chi connectivity index (χ1) is 8.49. The number of ether oxygens (including phenoxy) is 1. The molecule has 0 fully saturated rings. The molecule has 2 aromatic rings. The minimum absolute atomic E-state index is 0.465. The van der Waals surface area contributed by atoms with Crippen LogP contribution in [0.5, 0.6) is 11.6 Å². The lowest BCUT2D eigenvalue weighted by Gasteiger charge is -2.08. The van der Waals surface area contributed by atoms with Gasteiger partial charge in [0.25, 0.3) is 0 Å². The average molecular weight is 247 g/mol. The van der Waals surface area contributed by atoms with E-state index in [0.717, 1.165) is 17.0 Å². The van der Waals surface area contributed by atoms with E-state index >= 15 is 0 Å². The van der Waals surface area contributed by atoms with Gasteiger partial charge < -0.3 is 9.84 Å². The van der Waals surface area contributed by atoms with Gasteiger partial charge in [-0.25, -0.2) is 4.98 Å². The van der Waals surface area contributed by atoms with E-state index in [-0.39, 0.29) is 0 Å². The van der Waals surface area contributed by atoms with Gasteiger partial charge in [-0.15, -0.1) is 0 Å². The molecule has 0 aliphatic heterocycles. The first-order valence-corrected chi connectivity index (χ1v) is 5.81. The topological polar surface area (TPSA) is 60.2 Å². The van der Waals surface area contributed by atoms with Crippen LogP contribution in [-0.4, -0.2) is 19.9 Å². The molecule has 0 bridgehead atoms. The summed E-state index contributed by atoms with van der Waals surface area (Å²) in [5.74, 6) is 1.18. The Hall–Kier alpha value is -1.88. The van der Waals surface area contributed by atoms with Crippen LogP contribution in [0.25, 0.3) is 0 Å². The number of hydrogen-bond acceptors (Lipinski definition) is 4. The van der Waals surface area contributed by atoms with E-state index in [4.69, 9.17) is 4.74 Å². The van der Waals surface area contributed by atoms with Crippen LogP contribution in [0, 0.1) is 13.8 Å². The third-order valence-electron chi connectivity index (χ3n) is 2.89. The Bertz CT molecular complexity index is 561. The summed E-state index contributed by atoms with van der Waals surface area (Å²) in [4.78, 5) is 4.14. The number of nitrogens with zero attached hydrogens (tertiary/aromatic N) is 3. The van der Waals surface area contributed by atoms with Crippen molar-refractivity contribution in [1.29, 1.82) is 0 Å². The van der Waals surface area contributed by atoms with Crippen LogP contribution in [0.1, 0.15) is 30.0 Å². The van der Waals surface area contributed by atoms with Crippen molar-refractivity contribution in [2.24, 2.45) is 7.05 Å². The van der Waals surface area contributed by atoms with Gasteiger partial charge in [-0.2, -0.15) is 5.10 Å². The molecule has 5 heteroatoms. The molecular weight excluding hydrogens is 230 g/mol. The van der Waals surface area contributed by atoms with E-state index in [1.807, 2.05) is 20.9 Å². The normalized spacial score (nSPS) is 12.5. The van der Waals surface area contributed by atoms with Gasteiger partial charge in [0.15, 0.2) is 5.75 Å². The Labute approximate surface area is 106 Å². The summed E-state index contributed by atoms with van der Waals surface area (Å²) in [7, 11) is 1.87. The molecular formula is C13H17N3O2. The van der Waals surface area contributed by atoms with Crippen LogP contribution in [0.3, 0.4) is 0 Å². The lowest BCUT2D eigenvalue weighted by atomic mass is 10.2. The minimum Gasteiger partial charge on any atom is -0.435 e. The predicted molar refractivity (Wildman–Crippen MR) is 67.6 cm³/mol. The summed E-state index contributed by atoms with van der Waals surface area (Å²) < 4.78 is 7.51. The Morgan fingerprint density at radius 1 is 1.39 bits per heavy atom. The van der Waals surface area contributed by atoms with Crippen LogP contribution < -0.4 is 4.74 Å². The van der Waals surface area contributed by atoms with Gasteiger partial charge in [0.05, 0.1) is 11.8 Å². The molecule has 1 unspecified atom stereocenters. The van der Waals surface area contributed by atoms with Gasteiger partial charge >= 0.3 is 0 Å². The van der Waals surface area contributed by atoms with Gasteiger partial charge in [-0.1, -0.05) is 0 Å². The summed E-state index contributed by atoms with van der Waals surface area (Å²) in [5, 5.41) is 13.8. The molecule has 0 aliphatic carbocycles. The summed E-state index contributed by atoms with van der Waals surface area (Å²) in [6.45, 7) is 5.54. The van der Waals surface area contributed by atoms with Crippen molar-refractivity contribution >= 4 is 0 Å². The number of pyridine rings is 1. The zero-order valence-electron chi connectivity index (χ0n) is 11.0. The number of aliphatic hydroxyl groups is 1. The molecule has 0 aromatic carbocycles. The smallest absolute Gasteiger partial charge is 0.219 e. The second-order valence-electron chi connectivity index (χ2n) is 4.33. The van der Waals surface area contributed by atoms with E-state index in [2.05, 4.69) is 10.1 Å². The zero-order chi connectivity index (χ0) is 13.3. The number of aliphatic hydroxyl groups excluding tert-OH is 1. The highest BCUT2D eigenvalue weighted by molar-refractivity contribution is 5.36. The molecule has 18 heavy (non-hydrogen) atoms. The van der Waals surface area contributed by atoms with Crippen molar-refractivity contribution in [3.63, 3.8) is 0 Å². The van der Waals surface area contributed by atoms with Gasteiger partial charge in [0, 0.05) is 19.3 Å². The van der Waals surface area contributed by atoms with E-state index < -0.39 is 6.10 Å². The second-order valence-corrected chi connectivity index (χ2v) is 4.33. The maximum Gasteiger partial charge on any atom is 0.219 e. The second kappa shape index (κ2) is 4.78. The molecule has 2 aromatic heterocycles. The molecule has 0 aliphatic rings. The van der Waals surface area contributed by atoms with Crippen LogP contribution in [0.2, 0.25) is 0 Å². The van der Waals surface area contributed by atoms with E-state index in [1.165, 1.54) is 0 Å². The number of hydrogen-bond donors (Lipinski definition) is 1. The summed E-state index contributed by atoms with van der Waals surface area (Å²) in [6, 6.07) is 3.50. The standard InChI is InChI=1S/C13H17N3O2/c1-8-13(9(2)16(4)15-8)18-12-7-11(10(3)17)5-6-14-12/h5-7,10,17H,1-4H3. The Morgan fingerprint density at radius 3 is 2.67 bits per heavy atom. The molecule has 0 spiro atoms. The van der Waals surface area contributed by atoms with Gasteiger partial charge in [0.1, 0.15) is 5.69 Å². The van der Waals surface area contributed by atoms with Gasteiger partial charge in [-0.3, -0.25) is 4.68 Å². The first kappa shape index (κ1) is 12.6. The SMILES string of the molecule is Cc1nn(C)c(C)c1Oc1cc(C(C)O)ccn1. The highest BCUT2D eigenvalue weighted by Crippen LogP contribution is 2.27. The predicted octanol–water partition coefficient (Wildman–Crippen LogP) is 2.28. The van der Waals surface area contributed by atoms with Gasteiger partial charge in [-0.05, 0) is 32.4 Å². The van der Waals surface area contributed by atoms with Crippen molar-refractivity contribution < 1.29 is 9.84 Å². The minimum atomic E-state index is -0.536. The third-order valence-corrected chi connectivity index (χ3v) is 2.89. The van der Waals surface area contributed by atoms with Crippen molar-refractivity contribution in [2.75, 3.05) is 0 Å². The third kappa shape index (κ3) is 2.36. The molecule has 0 amide bonds. The highest BCUT2D eigenvalue weighted by atomic mass is 16.5. The molecule has 2 heterocycles. The number of aryl methyl sites for hydroxylation is 2. The van der Waals surface area contributed by atoms with Crippen LogP contribution >= 0.6 is 0 Å². The molecule has 2 rings (SSSR count). The van der Waals surface area contributed by atoms with Crippen molar-refractivity contribution in [3.05, 3.63) is 35.3 Å². The highest BCUT2D eigenvalue weighted by Gasteiger charge is 2.13. The number of aromatic nitrogens is 3. The summed E-state index contributed by atoms with van der Waals surface area (Å²) in [5.41, 5.74) is 2.54. The molecule has 1 atom stereocenters. The average Bonchev–Trinajstić information content (AvgIpc) is 2.56. The molecule has 96 valence electrons. The van der Waals surface area contributed by atoms with Crippen molar-refractivity contribution in [1.82, 2.24) is 14.8 Å². The summed E-state index contributed by atoms with van der Waals surface area (Å²) >= 11 is 0. The lowest BCUT2D eigenvalue weighted by molar-refractivity contribution is 0.198. The molecule has 0 saturated carbocycles. The molecule has 0 radical (unpaired) electrons. The number of rotatable bonds is 3. The van der Waals surface area contributed by atoms with E-state index in [9.17, 15) is 5.11 Å². The monoisotopic (exact) mass is 247 g/mol. The van der Waals surface area contributed by atoms with Gasteiger partial charge in [0.2, 0.25) is 5.88 Å². The summed E-state index contributed by atoms with van der Waals surface area (Å²) in [6.07, 6.45) is 1.09. The maximum atomic E-state index is 9.53. The Morgan fingerprint density at radius 2 is 2.11 bits per heavy atom. The first-order valence-electron chi connectivity index (χ1n) is 5.81.